The van der Waals surface area contributed by atoms with E-state index in [0.717, 1.165) is 12.8 Å². The summed E-state index contributed by atoms with van der Waals surface area (Å²) in [5.74, 6) is -1.66. The zero-order valence-electron chi connectivity index (χ0n) is 17.8. The maximum atomic E-state index is 13.7. The maximum absolute atomic E-state index is 13.7. The van der Waals surface area contributed by atoms with Crippen molar-refractivity contribution in [2.75, 3.05) is 6.54 Å². The number of hydrogen-bond donors (Lipinski definition) is 3. The van der Waals surface area contributed by atoms with Gasteiger partial charge in [-0.15, -0.1) is 0 Å². The molecule has 0 saturated heterocycles. The van der Waals surface area contributed by atoms with Gasteiger partial charge in [-0.05, 0) is 52.7 Å². The Kier molecular flexibility index (Phi) is 7.64. The van der Waals surface area contributed by atoms with Gasteiger partial charge in [0.15, 0.2) is 17.7 Å². The van der Waals surface area contributed by atoms with E-state index < -0.39 is 40.8 Å². The van der Waals surface area contributed by atoms with Crippen molar-refractivity contribution in [2.24, 2.45) is 5.41 Å². The molecule has 2 rings (SSSR count). The highest BCUT2D eigenvalue weighted by Gasteiger charge is 2.42. The summed E-state index contributed by atoms with van der Waals surface area (Å²) in [7, 11) is 0. The highest BCUT2D eigenvalue weighted by atomic mass is 19.1. The molecule has 0 radical (unpaired) electrons. The lowest BCUT2D eigenvalue weighted by molar-refractivity contribution is -0.137. The Morgan fingerprint density at radius 1 is 1.13 bits per heavy atom. The first-order chi connectivity index (χ1) is 14.0. The van der Waals surface area contributed by atoms with E-state index in [4.69, 9.17) is 9.47 Å². The molecule has 1 aliphatic rings. The molecule has 1 saturated carbocycles. The van der Waals surface area contributed by atoms with Gasteiger partial charge in [0.05, 0.1) is 5.41 Å². The van der Waals surface area contributed by atoms with Gasteiger partial charge in [0.2, 0.25) is 5.91 Å². The van der Waals surface area contributed by atoms with E-state index in [1.165, 1.54) is 25.1 Å². The van der Waals surface area contributed by atoms with Crippen molar-refractivity contribution < 1.29 is 28.2 Å². The second-order valence-electron chi connectivity index (χ2n) is 8.48. The zero-order chi connectivity index (χ0) is 22.4. The van der Waals surface area contributed by atoms with Gasteiger partial charge in [-0.3, -0.25) is 20.4 Å². The molecule has 8 nitrogen and oxygen atoms in total. The number of hydrogen-bond acceptors (Lipinski definition) is 5. The zero-order valence-corrected chi connectivity index (χ0v) is 17.8. The monoisotopic (exact) mass is 423 g/mol. The number of hydrazine groups is 1. The van der Waals surface area contributed by atoms with Gasteiger partial charge in [0.25, 0.3) is 5.91 Å². The number of carbonyl (C=O) groups is 3. The lowest BCUT2D eigenvalue weighted by Crippen LogP contribution is -2.54. The summed E-state index contributed by atoms with van der Waals surface area (Å²) >= 11 is 0. The molecule has 1 aliphatic carbocycles. The third kappa shape index (κ3) is 6.60. The first-order valence-corrected chi connectivity index (χ1v) is 10.0. The molecule has 0 heterocycles. The Morgan fingerprint density at radius 3 is 2.37 bits per heavy atom. The molecule has 1 unspecified atom stereocenters. The van der Waals surface area contributed by atoms with Crippen LogP contribution in [-0.4, -0.2) is 36.2 Å². The summed E-state index contributed by atoms with van der Waals surface area (Å²) in [4.78, 5) is 37.0. The Balaban J connectivity index is 1.89. The topological polar surface area (TPSA) is 106 Å². The molecule has 0 bridgehead atoms. The van der Waals surface area contributed by atoms with Crippen molar-refractivity contribution in [3.05, 3.63) is 30.1 Å². The van der Waals surface area contributed by atoms with Crippen LogP contribution < -0.4 is 20.9 Å². The second kappa shape index (κ2) is 9.77. The third-order valence-corrected chi connectivity index (χ3v) is 4.82. The van der Waals surface area contributed by atoms with E-state index >= 15 is 0 Å². The van der Waals surface area contributed by atoms with Crippen LogP contribution in [0.5, 0.6) is 5.75 Å². The molecule has 1 atom stereocenters. The molecular weight excluding hydrogens is 393 g/mol. The summed E-state index contributed by atoms with van der Waals surface area (Å²) in [5, 5.41) is 2.65. The molecule has 166 valence electrons. The fraction of sp³-hybridized carbons (Fsp3) is 0.571. The van der Waals surface area contributed by atoms with Gasteiger partial charge < -0.3 is 14.8 Å². The number of alkyl carbamates (subject to hydrolysis) is 1. The minimum Gasteiger partial charge on any atom is -0.478 e. The normalized spacial score (nSPS) is 16.3. The molecule has 0 aliphatic heterocycles. The number of rotatable bonds is 6. The number of ether oxygens (including phenoxy) is 2. The molecule has 1 fully saturated rings. The summed E-state index contributed by atoms with van der Waals surface area (Å²) < 4.78 is 24.2. The number of amides is 3. The number of halogens is 1. The smallest absolute Gasteiger partial charge is 0.407 e. The molecule has 3 N–H and O–H groups in total. The first kappa shape index (κ1) is 23.4. The number of nitrogens with one attached hydrogen (secondary N) is 3. The Bertz CT molecular complexity index is 772. The second-order valence-corrected chi connectivity index (χ2v) is 8.48. The van der Waals surface area contributed by atoms with Crippen LogP contribution in [0.15, 0.2) is 24.3 Å². The fourth-order valence-electron chi connectivity index (χ4n) is 3.23. The summed E-state index contributed by atoms with van der Waals surface area (Å²) in [6, 6.07) is 5.74. The van der Waals surface area contributed by atoms with Gasteiger partial charge in [-0.2, -0.15) is 0 Å². The SMILES string of the molecule is CC(Oc1ccccc1F)C(=O)NNC(=O)C1(CNC(=O)OC(C)(C)C)CCCC1. The molecule has 1 aromatic rings. The average Bonchev–Trinajstić information content (AvgIpc) is 3.15. The fourth-order valence-corrected chi connectivity index (χ4v) is 3.23. The van der Waals surface area contributed by atoms with Crippen molar-refractivity contribution in [2.45, 2.75) is 65.1 Å². The van der Waals surface area contributed by atoms with Gasteiger partial charge >= 0.3 is 6.09 Å². The molecule has 1 aromatic carbocycles. The molecular formula is C21H30FN3O5. The standard InChI is InChI=1S/C21H30FN3O5/c1-14(29-16-10-6-5-9-15(16)22)17(26)24-25-18(27)21(11-7-8-12-21)13-23-19(28)30-20(2,3)4/h5-6,9-10,14H,7-8,11-13H2,1-4H3,(H,23,28)(H,24,26)(H,25,27). The van der Waals surface area contributed by atoms with E-state index in [1.807, 2.05) is 0 Å². The minimum atomic E-state index is -1.03. The van der Waals surface area contributed by atoms with Crippen LogP contribution in [0, 0.1) is 11.2 Å². The highest BCUT2D eigenvalue weighted by Crippen LogP contribution is 2.37. The van der Waals surface area contributed by atoms with Crippen molar-refractivity contribution in [3.63, 3.8) is 0 Å². The largest absolute Gasteiger partial charge is 0.478 e. The lowest BCUT2D eigenvalue weighted by Gasteiger charge is -2.29. The van der Waals surface area contributed by atoms with E-state index in [-0.39, 0.29) is 12.3 Å². The van der Waals surface area contributed by atoms with Gasteiger partial charge in [0.1, 0.15) is 5.60 Å². The minimum absolute atomic E-state index is 0.0553. The molecule has 9 heteroatoms. The molecule has 30 heavy (non-hydrogen) atoms. The highest BCUT2D eigenvalue weighted by molar-refractivity contribution is 5.88. The van der Waals surface area contributed by atoms with Crippen LogP contribution in [0.2, 0.25) is 0 Å². The van der Waals surface area contributed by atoms with Gasteiger partial charge in [-0.25, -0.2) is 9.18 Å². The van der Waals surface area contributed by atoms with Gasteiger partial charge in [0, 0.05) is 6.54 Å². The number of benzene rings is 1. The van der Waals surface area contributed by atoms with Crippen LogP contribution in [0.1, 0.15) is 53.4 Å². The predicted molar refractivity (Wildman–Crippen MR) is 108 cm³/mol. The van der Waals surface area contributed by atoms with Crippen LogP contribution in [0.25, 0.3) is 0 Å². The number of carbonyl (C=O) groups excluding carboxylic acids is 3. The van der Waals surface area contributed by atoms with Crippen LogP contribution in [-0.2, 0) is 14.3 Å². The van der Waals surface area contributed by atoms with Gasteiger partial charge in [-0.1, -0.05) is 25.0 Å². The molecule has 0 aromatic heterocycles. The van der Waals surface area contributed by atoms with Crippen LogP contribution in [0.3, 0.4) is 0 Å². The van der Waals surface area contributed by atoms with E-state index in [0.29, 0.717) is 12.8 Å². The third-order valence-electron chi connectivity index (χ3n) is 4.82. The Hall–Kier alpha value is -2.84. The maximum Gasteiger partial charge on any atom is 0.407 e. The van der Waals surface area contributed by atoms with Crippen LogP contribution >= 0.6 is 0 Å². The van der Waals surface area contributed by atoms with Crippen LogP contribution in [0.4, 0.5) is 9.18 Å². The van der Waals surface area contributed by atoms with Crippen molar-refractivity contribution in [1.29, 1.82) is 0 Å². The Morgan fingerprint density at radius 2 is 1.77 bits per heavy atom. The summed E-state index contributed by atoms with van der Waals surface area (Å²) in [5.41, 5.74) is 3.26. The summed E-state index contributed by atoms with van der Waals surface area (Å²) in [6.45, 7) is 6.81. The van der Waals surface area contributed by atoms with Crippen molar-refractivity contribution >= 4 is 17.9 Å². The van der Waals surface area contributed by atoms with Crippen molar-refractivity contribution in [1.82, 2.24) is 16.2 Å². The average molecular weight is 423 g/mol. The predicted octanol–water partition coefficient (Wildman–Crippen LogP) is 2.83. The Labute approximate surface area is 175 Å². The van der Waals surface area contributed by atoms with E-state index in [9.17, 15) is 18.8 Å². The van der Waals surface area contributed by atoms with E-state index in [2.05, 4.69) is 16.2 Å². The van der Waals surface area contributed by atoms with E-state index in [1.54, 1.807) is 26.8 Å². The molecule has 3 amide bonds. The first-order valence-electron chi connectivity index (χ1n) is 10.0. The molecule has 0 spiro atoms. The summed E-state index contributed by atoms with van der Waals surface area (Å²) in [6.07, 6.45) is 1.20. The quantitative estimate of drug-likeness (QED) is 0.610. The van der Waals surface area contributed by atoms with Crippen molar-refractivity contribution in [3.8, 4) is 5.75 Å². The lowest BCUT2D eigenvalue weighted by atomic mass is 9.85. The number of para-hydroxylation sites is 1.